The first-order chi connectivity index (χ1) is 8.97. The number of Topliss-reactive ketones (excluding diaryl/α,β-unsaturated/α-hetero) is 1. The van der Waals surface area contributed by atoms with Crippen LogP contribution in [-0.4, -0.2) is 24.1 Å². The van der Waals surface area contributed by atoms with E-state index in [0.29, 0.717) is 11.1 Å². The number of ketones is 1. The van der Waals surface area contributed by atoms with Crippen LogP contribution in [0.3, 0.4) is 0 Å². The van der Waals surface area contributed by atoms with Crippen molar-refractivity contribution in [2.45, 2.75) is 33.5 Å². The molecular weight excluding hydrogens is 271 g/mol. The molecule has 0 saturated carbocycles. The Bertz CT molecular complexity index is 469. The summed E-state index contributed by atoms with van der Waals surface area (Å²) in [6.07, 6.45) is 1.17. The fourth-order valence-electron chi connectivity index (χ4n) is 1.74. The number of carbonyl (C=O) groups is 1. The zero-order valence-corrected chi connectivity index (χ0v) is 12.2. The molecule has 0 saturated heterocycles. The van der Waals surface area contributed by atoms with Crippen molar-refractivity contribution in [1.29, 1.82) is 0 Å². The van der Waals surface area contributed by atoms with E-state index < -0.39 is 7.60 Å². The maximum Gasteiger partial charge on any atom is 0.335 e. The second-order valence-corrected chi connectivity index (χ2v) is 5.92. The molecule has 0 aliphatic heterocycles. The molecule has 0 spiro atoms. The van der Waals surface area contributed by atoms with Gasteiger partial charge in [-0.25, -0.2) is 0 Å². The average molecular weight is 290 g/mol. The van der Waals surface area contributed by atoms with Crippen molar-refractivity contribution in [3.63, 3.8) is 0 Å². The predicted octanol–water partition coefficient (Wildman–Crippen LogP) is 2.74. The lowest BCUT2D eigenvalue weighted by atomic mass is 10.1. The third-order valence-electron chi connectivity index (χ3n) is 2.51. The summed E-state index contributed by atoms with van der Waals surface area (Å²) in [5.74, 6) is -0.0113. The average Bonchev–Trinajstić information content (AvgIpc) is 2.72. The van der Waals surface area contributed by atoms with Gasteiger partial charge < -0.3 is 18.6 Å². The lowest BCUT2D eigenvalue weighted by molar-refractivity contribution is 0.101. The minimum Gasteiger partial charge on any atom is -0.466 e. The molecule has 0 aliphatic carbocycles. The quantitative estimate of drug-likeness (QED) is 0.585. The molecule has 1 aromatic rings. The van der Waals surface area contributed by atoms with E-state index in [-0.39, 0.29) is 37.5 Å². The highest BCUT2D eigenvalue weighted by atomic mass is 31.2. The second kappa shape index (κ2) is 7.01. The molecule has 0 atom stereocenters. The topological polar surface area (TPSA) is 86.0 Å². The highest BCUT2D eigenvalue weighted by Crippen LogP contribution is 2.52. The first-order valence-electron chi connectivity index (χ1n) is 6.06. The molecule has 1 rings (SSSR count). The molecule has 19 heavy (non-hydrogen) atoms. The first kappa shape index (κ1) is 16.1. The standard InChI is InChI=1S/C12H19O6P/c1-4-17-19(15,18-5-2)8-11-10(9(3)14)7-16-12(11)6-13/h7,13H,4-6,8H2,1-3H3. The maximum absolute atomic E-state index is 12.4. The van der Waals surface area contributed by atoms with Crippen LogP contribution < -0.4 is 0 Å². The van der Waals surface area contributed by atoms with Crippen LogP contribution in [0.4, 0.5) is 0 Å². The van der Waals surface area contributed by atoms with E-state index in [9.17, 15) is 14.5 Å². The third kappa shape index (κ3) is 4.01. The molecule has 6 nitrogen and oxygen atoms in total. The largest absolute Gasteiger partial charge is 0.466 e. The van der Waals surface area contributed by atoms with Crippen LogP contribution in [-0.2, 0) is 26.4 Å². The van der Waals surface area contributed by atoms with Crippen molar-refractivity contribution in [2.75, 3.05) is 13.2 Å². The van der Waals surface area contributed by atoms with E-state index in [1.807, 2.05) is 0 Å². The minimum absolute atomic E-state index is 0.0873. The van der Waals surface area contributed by atoms with Gasteiger partial charge in [0.15, 0.2) is 5.78 Å². The van der Waals surface area contributed by atoms with Gasteiger partial charge in [-0.1, -0.05) is 0 Å². The second-order valence-electron chi connectivity index (χ2n) is 3.87. The summed E-state index contributed by atoms with van der Waals surface area (Å²) in [5, 5.41) is 9.19. The zero-order chi connectivity index (χ0) is 14.5. The van der Waals surface area contributed by atoms with Crippen molar-refractivity contribution < 1.29 is 27.9 Å². The van der Waals surface area contributed by atoms with Gasteiger partial charge in [0.05, 0.1) is 24.9 Å². The molecule has 0 aromatic carbocycles. The number of aliphatic hydroxyl groups is 1. The van der Waals surface area contributed by atoms with E-state index in [1.165, 1.54) is 13.2 Å². The van der Waals surface area contributed by atoms with Crippen molar-refractivity contribution in [1.82, 2.24) is 0 Å². The van der Waals surface area contributed by atoms with Crippen molar-refractivity contribution in [2.24, 2.45) is 0 Å². The molecule has 0 fully saturated rings. The van der Waals surface area contributed by atoms with Gasteiger partial charge in [0.2, 0.25) is 0 Å². The molecule has 0 bridgehead atoms. The highest BCUT2D eigenvalue weighted by Gasteiger charge is 2.29. The summed E-state index contributed by atoms with van der Waals surface area (Å²) in [6.45, 7) is 4.89. The monoisotopic (exact) mass is 290 g/mol. The Labute approximate surface area is 112 Å². The Hall–Kier alpha value is -0.940. The summed E-state index contributed by atoms with van der Waals surface area (Å²) in [4.78, 5) is 11.5. The number of furan rings is 1. The van der Waals surface area contributed by atoms with Gasteiger partial charge in [-0.05, 0) is 20.8 Å². The summed E-state index contributed by atoms with van der Waals surface area (Å²) in [7, 11) is -3.34. The van der Waals surface area contributed by atoms with E-state index in [1.54, 1.807) is 13.8 Å². The van der Waals surface area contributed by atoms with Crippen LogP contribution in [0, 0.1) is 0 Å². The van der Waals surface area contributed by atoms with Crippen LogP contribution in [0.1, 0.15) is 42.5 Å². The van der Waals surface area contributed by atoms with Crippen LogP contribution in [0.25, 0.3) is 0 Å². The summed E-state index contributed by atoms with van der Waals surface area (Å²) >= 11 is 0. The van der Waals surface area contributed by atoms with Crippen LogP contribution in [0.2, 0.25) is 0 Å². The van der Waals surface area contributed by atoms with E-state index in [4.69, 9.17) is 13.5 Å². The Morgan fingerprint density at radius 2 is 1.95 bits per heavy atom. The predicted molar refractivity (Wildman–Crippen MR) is 69.2 cm³/mol. The lowest BCUT2D eigenvalue weighted by Gasteiger charge is -2.17. The number of hydrogen-bond acceptors (Lipinski definition) is 6. The molecule has 7 heteroatoms. The first-order valence-corrected chi connectivity index (χ1v) is 7.79. The molecule has 0 aliphatic rings. The van der Waals surface area contributed by atoms with E-state index >= 15 is 0 Å². The van der Waals surface area contributed by atoms with Crippen molar-refractivity contribution in [3.8, 4) is 0 Å². The highest BCUT2D eigenvalue weighted by molar-refractivity contribution is 7.53. The molecule has 1 N–H and O–H groups in total. The van der Waals surface area contributed by atoms with Crippen LogP contribution in [0.5, 0.6) is 0 Å². The number of aliphatic hydroxyl groups excluding tert-OH is 1. The Balaban J connectivity index is 3.10. The Morgan fingerprint density at radius 3 is 2.37 bits per heavy atom. The van der Waals surface area contributed by atoms with Crippen molar-refractivity contribution in [3.05, 3.63) is 23.2 Å². The van der Waals surface area contributed by atoms with Gasteiger partial charge in [0, 0.05) is 5.56 Å². The third-order valence-corrected chi connectivity index (χ3v) is 4.51. The molecule has 0 unspecified atom stereocenters. The van der Waals surface area contributed by atoms with Crippen LogP contribution in [0.15, 0.2) is 10.7 Å². The molecule has 1 heterocycles. The van der Waals surface area contributed by atoms with Gasteiger partial charge in [-0.15, -0.1) is 0 Å². The van der Waals surface area contributed by atoms with Gasteiger partial charge in [-0.3, -0.25) is 9.36 Å². The molecule has 108 valence electrons. The van der Waals surface area contributed by atoms with Gasteiger partial charge in [-0.2, -0.15) is 0 Å². The van der Waals surface area contributed by atoms with Gasteiger partial charge in [0.1, 0.15) is 18.6 Å². The van der Waals surface area contributed by atoms with E-state index in [0.717, 1.165) is 0 Å². The number of carbonyl (C=O) groups excluding carboxylic acids is 1. The fourth-order valence-corrected chi connectivity index (χ4v) is 3.52. The smallest absolute Gasteiger partial charge is 0.335 e. The van der Waals surface area contributed by atoms with Crippen molar-refractivity contribution >= 4 is 13.4 Å². The summed E-state index contributed by atoms with van der Waals surface area (Å²) in [5.41, 5.74) is 0.684. The molecule has 0 radical (unpaired) electrons. The maximum atomic E-state index is 12.4. The molecule has 1 aromatic heterocycles. The normalized spacial score (nSPS) is 11.8. The summed E-state index contributed by atoms with van der Waals surface area (Å²) in [6, 6.07) is 0. The number of rotatable bonds is 8. The van der Waals surface area contributed by atoms with Gasteiger partial charge in [0.25, 0.3) is 0 Å². The zero-order valence-electron chi connectivity index (χ0n) is 11.3. The SMILES string of the molecule is CCOP(=O)(Cc1c(C(C)=O)coc1CO)OCC. The lowest BCUT2D eigenvalue weighted by Crippen LogP contribution is -2.04. The van der Waals surface area contributed by atoms with Gasteiger partial charge >= 0.3 is 7.60 Å². The molecular formula is C12H19O6P. The molecule has 0 amide bonds. The fraction of sp³-hybridized carbons (Fsp3) is 0.583. The van der Waals surface area contributed by atoms with Crippen LogP contribution >= 0.6 is 7.60 Å². The Kier molecular flexibility index (Phi) is 5.94. The summed E-state index contributed by atoms with van der Waals surface area (Å²) < 4.78 is 27.9. The minimum atomic E-state index is -3.34. The Morgan fingerprint density at radius 1 is 1.37 bits per heavy atom. The number of hydrogen-bond donors (Lipinski definition) is 1. The van der Waals surface area contributed by atoms with E-state index in [2.05, 4.69) is 0 Å².